The second-order valence-electron chi connectivity index (χ2n) is 16.7. The molecule has 0 aromatic heterocycles. The summed E-state index contributed by atoms with van der Waals surface area (Å²) in [5.41, 5.74) is 0. The first-order valence-corrected chi connectivity index (χ1v) is 26.3. The summed E-state index contributed by atoms with van der Waals surface area (Å²) in [6.07, 6.45) is 77.0. The van der Waals surface area contributed by atoms with Crippen molar-refractivity contribution < 1.29 is 28.6 Å². The van der Waals surface area contributed by atoms with Crippen LogP contribution in [0.4, 0.5) is 0 Å². The van der Waals surface area contributed by atoms with Gasteiger partial charge in [0.2, 0.25) is 0 Å². The van der Waals surface area contributed by atoms with Gasteiger partial charge in [0.1, 0.15) is 13.2 Å². The van der Waals surface area contributed by atoms with Crippen LogP contribution in [0.3, 0.4) is 0 Å². The minimum Gasteiger partial charge on any atom is -0.462 e. The van der Waals surface area contributed by atoms with Crippen molar-refractivity contribution >= 4 is 17.9 Å². The van der Waals surface area contributed by atoms with Gasteiger partial charge >= 0.3 is 17.9 Å². The standard InChI is InChI=1S/C61H94O6/c1-4-7-10-13-16-19-22-25-28-30-33-36-39-42-45-48-51-54-60(63)66-57-58(56-65-59(62)53-50-47-44-41-38-35-32-27-24-21-18-15-12-9-6-3)67-61(64)55-52-49-46-43-40-37-34-31-29-26-23-20-17-14-11-8-5-2/h7,10,16-21,25-29,32-34,36-38,41-43,45-46,58H,4-6,8-9,11-15,22-24,30-31,35,39-40,44,47-57H2,1-3H3/b10-7-,19-16-,20-17-,21-18-,28-25-,29-26-,32-27-,36-33-,37-34-,41-38-,45-42-,46-43-/t58-/m0/s1. The smallest absolute Gasteiger partial charge is 0.306 e. The summed E-state index contributed by atoms with van der Waals surface area (Å²) in [5, 5.41) is 0. The van der Waals surface area contributed by atoms with Crippen LogP contribution in [0.5, 0.6) is 0 Å². The molecule has 6 heteroatoms. The number of carbonyl (C=O) groups is 3. The third kappa shape index (κ3) is 52.1. The molecule has 0 amide bonds. The zero-order chi connectivity index (χ0) is 48.6. The Hall–Kier alpha value is -4.71. The molecule has 0 rings (SSSR count). The summed E-state index contributed by atoms with van der Waals surface area (Å²) in [7, 11) is 0. The van der Waals surface area contributed by atoms with Gasteiger partial charge in [-0.05, 0) is 135 Å². The minimum atomic E-state index is -0.851. The van der Waals surface area contributed by atoms with Crippen LogP contribution in [0, 0.1) is 0 Å². The molecule has 374 valence electrons. The van der Waals surface area contributed by atoms with Crippen LogP contribution in [0.25, 0.3) is 0 Å². The molecule has 0 aliphatic carbocycles. The van der Waals surface area contributed by atoms with Crippen LogP contribution < -0.4 is 0 Å². The molecular weight excluding hydrogens is 829 g/mol. The van der Waals surface area contributed by atoms with Crippen molar-refractivity contribution in [1.82, 2.24) is 0 Å². The average molecular weight is 923 g/mol. The number of allylic oxidation sites excluding steroid dienone is 24. The molecule has 67 heavy (non-hydrogen) atoms. The third-order valence-corrected chi connectivity index (χ3v) is 10.3. The van der Waals surface area contributed by atoms with E-state index in [1.807, 2.05) is 0 Å². The Morgan fingerprint density at radius 2 is 0.582 bits per heavy atom. The Kier molecular flexibility index (Phi) is 50.1. The van der Waals surface area contributed by atoms with Gasteiger partial charge < -0.3 is 14.2 Å². The first-order chi connectivity index (χ1) is 33.0. The lowest BCUT2D eigenvalue weighted by atomic mass is 10.1. The van der Waals surface area contributed by atoms with Crippen molar-refractivity contribution in [2.75, 3.05) is 13.2 Å². The Labute approximate surface area is 410 Å². The van der Waals surface area contributed by atoms with Crippen LogP contribution in [0.1, 0.15) is 201 Å². The van der Waals surface area contributed by atoms with E-state index >= 15 is 0 Å². The van der Waals surface area contributed by atoms with E-state index in [1.54, 1.807) is 0 Å². The van der Waals surface area contributed by atoms with E-state index < -0.39 is 12.1 Å². The maximum atomic E-state index is 12.8. The van der Waals surface area contributed by atoms with Crippen molar-refractivity contribution in [2.24, 2.45) is 0 Å². The highest BCUT2D eigenvalue weighted by molar-refractivity contribution is 5.71. The van der Waals surface area contributed by atoms with Crippen molar-refractivity contribution in [3.63, 3.8) is 0 Å². The van der Waals surface area contributed by atoms with Crippen LogP contribution in [-0.2, 0) is 28.6 Å². The van der Waals surface area contributed by atoms with E-state index in [9.17, 15) is 14.4 Å². The van der Waals surface area contributed by atoms with Gasteiger partial charge in [-0.2, -0.15) is 0 Å². The lowest BCUT2D eigenvalue weighted by Gasteiger charge is -2.18. The molecule has 0 heterocycles. The largest absolute Gasteiger partial charge is 0.462 e. The molecule has 0 unspecified atom stereocenters. The lowest BCUT2D eigenvalue weighted by molar-refractivity contribution is -0.167. The Balaban J connectivity index is 4.67. The summed E-state index contributed by atoms with van der Waals surface area (Å²) in [6, 6.07) is 0. The molecule has 0 bridgehead atoms. The normalized spacial score (nSPS) is 13.3. The first kappa shape index (κ1) is 62.3. The fourth-order valence-electron chi connectivity index (χ4n) is 6.36. The van der Waals surface area contributed by atoms with Crippen LogP contribution in [0.2, 0.25) is 0 Å². The summed E-state index contributed by atoms with van der Waals surface area (Å²) >= 11 is 0. The van der Waals surface area contributed by atoms with E-state index in [0.717, 1.165) is 89.9 Å². The van der Waals surface area contributed by atoms with Crippen LogP contribution >= 0.6 is 0 Å². The second kappa shape index (κ2) is 53.9. The highest BCUT2D eigenvalue weighted by Gasteiger charge is 2.19. The molecule has 0 fully saturated rings. The molecular formula is C61H94O6. The minimum absolute atomic E-state index is 0.144. The number of hydrogen-bond acceptors (Lipinski definition) is 6. The van der Waals surface area contributed by atoms with E-state index in [1.165, 1.54) is 51.4 Å². The molecule has 0 aromatic carbocycles. The Morgan fingerprint density at radius 1 is 0.313 bits per heavy atom. The fraction of sp³-hybridized carbons (Fsp3) is 0.557. The van der Waals surface area contributed by atoms with Gasteiger partial charge in [0, 0.05) is 19.3 Å². The number of esters is 3. The zero-order valence-corrected chi connectivity index (χ0v) is 42.6. The van der Waals surface area contributed by atoms with Gasteiger partial charge in [0.25, 0.3) is 0 Å². The number of rotatable bonds is 45. The maximum Gasteiger partial charge on any atom is 0.306 e. The van der Waals surface area contributed by atoms with Gasteiger partial charge in [0.15, 0.2) is 6.10 Å². The molecule has 0 aromatic rings. The molecule has 1 atom stereocenters. The number of ether oxygens (including phenoxy) is 3. The van der Waals surface area contributed by atoms with Crippen LogP contribution in [0.15, 0.2) is 146 Å². The summed E-state index contributed by atoms with van der Waals surface area (Å²) < 4.78 is 16.7. The molecule has 0 saturated carbocycles. The van der Waals surface area contributed by atoms with Gasteiger partial charge in [-0.25, -0.2) is 0 Å². The molecule has 0 aliphatic rings. The van der Waals surface area contributed by atoms with Crippen molar-refractivity contribution in [1.29, 1.82) is 0 Å². The quantitative estimate of drug-likeness (QED) is 0.0262. The van der Waals surface area contributed by atoms with Crippen molar-refractivity contribution in [3.8, 4) is 0 Å². The second-order valence-corrected chi connectivity index (χ2v) is 16.7. The van der Waals surface area contributed by atoms with E-state index in [4.69, 9.17) is 14.2 Å². The molecule has 0 N–H and O–H groups in total. The fourth-order valence-corrected chi connectivity index (χ4v) is 6.36. The lowest BCUT2D eigenvalue weighted by Crippen LogP contribution is -2.30. The molecule has 0 spiro atoms. The first-order valence-electron chi connectivity index (χ1n) is 26.3. The topological polar surface area (TPSA) is 78.9 Å². The molecule has 0 radical (unpaired) electrons. The summed E-state index contributed by atoms with van der Waals surface area (Å²) in [6.45, 7) is 6.31. The van der Waals surface area contributed by atoms with E-state index in [-0.39, 0.29) is 44.4 Å². The summed E-state index contributed by atoms with van der Waals surface area (Å²) in [5.74, 6) is -1.11. The van der Waals surface area contributed by atoms with Crippen molar-refractivity contribution in [2.45, 2.75) is 207 Å². The molecule has 0 saturated heterocycles. The van der Waals surface area contributed by atoms with Gasteiger partial charge in [-0.15, -0.1) is 0 Å². The average Bonchev–Trinajstić information content (AvgIpc) is 3.33. The predicted molar refractivity (Wildman–Crippen MR) is 288 cm³/mol. The zero-order valence-electron chi connectivity index (χ0n) is 42.6. The monoisotopic (exact) mass is 923 g/mol. The maximum absolute atomic E-state index is 12.8. The molecule has 6 nitrogen and oxygen atoms in total. The van der Waals surface area contributed by atoms with Crippen LogP contribution in [-0.4, -0.2) is 37.2 Å². The Morgan fingerprint density at radius 3 is 0.910 bits per heavy atom. The van der Waals surface area contributed by atoms with Gasteiger partial charge in [-0.3, -0.25) is 14.4 Å². The van der Waals surface area contributed by atoms with Gasteiger partial charge in [0.05, 0.1) is 0 Å². The Bertz CT molecular complexity index is 1530. The highest BCUT2D eigenvalue weighted by Crippen LogP contribution is 2.09. The number of carbonyl (C=O) groups excluding carboxylic acids is 3. The third-order valence-electron chi connectivity index (χ3n) is 10.3. The SMILES string of the molecule is CC/C=C\C/C=C\C/C=C\C/C=C\C/C=C\CCCC(=O)OC[C@H](COC(=O)CCCC/C=C\C/C=C\C/C=C\CCCCC)OC(=O)CCC/C=C\C/C=C\C/C=C\C/C=C\CCCCC. The van der Waals surface area contributed by atoms with Gasteiger partial charge in [-0.1, -0.05) is 192 Å². The molecule has 0 aliphatic heterocycles. The predicted octanol–water partition coefficient (Wildman–Crippen LogP) is 17.6. The van der Waals surface area contributed by atoms with Crippen molar-refractivity contribution in [3.05, 3.63) is 146 Å². The highest BCUT2D eigenvalue weighted by atomic mass is 16.6. The van der Waals surface area contributed by atoms with E-state index in [2.05, 4.69) is 167 Å². The van der Waals surface area contributed by atoms with E-state index in [0.29, 0.717) is 19.3 Å². The number of hydrogen-bond donors (Lipinski definition) is 0. The number of unbranched alkanes of at least 4 members (excludes halogenated alkanes) is 10. The summed E-state index contributed by atoms with van der Waals surface area (Å²) in [4.78, 5) is 38.0.